The Hall–Kier alpha value is -1.36. The summed E-state index contributed by atoms with van der Waals surface area (Å²) < 4.78 is 5.02. The van der Waals surface area contributed by atoms with Gasteiger partial charge in [-0.1, -0.05) is 30.0 Å². The Kier molecular flexibility index (Phi) is 6.05. The van der Waals surface area contributed by atoms with E-state index in [1.54, 1.807) is 18.9 Å². The second-order valence-corrected chi connectivity index (χ2v) is 5.60. The molecule has 1 N–H and O–H groups in total. The minimum absolute atomic E-state index is 0.743. The zero-order valence-electron chi connectivity index (χ0n) is 11.9. The van der Waals surface area contributed by atoms with E-state index >= 15 is 0 Å². The molecule has 0 spiro atoms. The van der Waals surface area contributed by atoms with Crippen LogP contribution in [0.2, 0.25) is 0 Å². The van der Waals surface area contributed by atoms with Crippen LogP contribution in [0.25, 0.3) is 0 Å². The highest BCUT2D eigenvalue weighted by atomic mass is 32.2. The first-order valence-corrected chi connectivity index (χ1v) is 7.49. The Morgan fingerprint density at radius 1 is 1.25 bits per heavy atom. The van der Waals surface area contributed by atoms with Crippen molar-refractivity contribution in [3.8, 4) is 0 Å². The van der Waals surface area contributed by atoms with Crippen LogP contribution < -0.4 is 5.32 Å². The molecule has 0 atom stereocenters. The van der Waals surface area contributed by atoms with E-state index in [1.807, 2.05) is 24.4 Å². The fourth-order valence-corrected chi connectivity index (χ4v) is 2.70. The van der Waals surface area contributed by atoms with Crippen LogP contribution in [0.15, 0.2) is 52.5 Å². The molecular formula is C16H20N2OS. The molecular weight excluding hydrogens is 268 g/mol. The summed E-state index contributed by atoms with van der Waals surface area (Å²) in [5.74, 6) is 0. The molecule has 2 rings (SSSR count). The normalized spacial score (nSPS) is 10.7. The van der Waals surface area contributed by atoms with Gasteiger partial charge in [-0.15, -0.1) is 0 Å². The Morgan fingerprint density at radius 3 is 2.85 bits per heavy atom. The summed E-state index contributed by atoms with van der Waals surface area (Å²) in [5.41, 5.74) is 2.58. The lowest BCUT2D eigenvalue weighted by molar-refractivity contribution is 0.199. The molecule has 3 nitrogen and oxygen atoms in total. The number of pyridine rings is 1. The first-order chi connectivity index (χ1) is 9.79. The van der Waals surface area contributed by atoms with E-state index in [0.29, 0.717) is 0 Å². The average molecular weight is 288 g/mol. The molecule has 2 aromatic rings. The molecule has 0 radical (unpaired) electrons. The molecule has 4 heteroatoms. The van der Waals surface area contributed by atoms with Crippen LogP contribution in [0, 0.1) is 6.92 Å². The molecule has 0 saturated heterocycles. The zero-order valence-corrected chi connectivity index (χ0v) is 12.7. The van der Waals surface area contributed by atoms with Gasteiger partial charge in [0.15, 0.2) is 0 Å². The highest BCUT2D eigenvalue weighted by Crippen LogP contribution is 2.29. The largest absolute Gasteiger partial charge is 0.383 e. The molecule has 20 heavy (non-hydrogen) atoms. The van der Waals surface area contributed by atoms with Crippen molar-refractivity contribution < 1.29 is 4.74 Å². The van der Waals surface area contributed by atoms with Crippen molar-refractivity contribution in [1.29, 1.82) is 0 Å². The molecule has 1 aromatic heterocycles. The number of benzene rings is 1. The summed E-state index contributed by atoms with van der Waals surface area (Å²) in [6, 6.07) is 12.5. The molecule has 106 valence electrons. The zero-order chi connectivity index (χ0) is 14.2. The van der Waals surface area contributed by atoms with Gasteiger partial charge in [0.1, 0.15) is 5.03 Å². The highest BCUT2D eigenvalue weighted by Gasteiger charge is 2.03. The van der Waals surface area contributed by atoms with E-state index in [2.05, 4.69) is 35.4 Å². The van der Waals surface area contributed by atoms with Crippen molar-refractivity contribution in [1.82, 2.24) is 10.3 Å². The van der Waals surface area contributed by atoms with Gasteiger partial charge in [0.05, 0.1) is 6.61 Å². The lowest BCUT2D eigenvalue weighted by Crippen LogP contribution is -2.18. The molecule has 0 fully saturated rings. The topological polar surface area (TPSA) is 34.1 Å². The number of aromatic nitrogens is 1. The number of aryl methyl sites for hydroxylation is 1. The van der Waals surface area contributed by atoms with E-state index in [1.165, 1.54) is 16.0 Å². The Balaban J connectivity index is 1.95. The lowest BCUT2D eigenvalue weighted by Gasteiger charge is -2.09. The molecule has 0 aliphatic carbocycles. The van der Waals surface area contributed by atoms with Gasteiger partial charge in [0, 0.05) is 31.3 Å². The minimum Gasteiger partial charge on any atom is -0.383 e. The number of nitrogens with zero attached hydrogens (tertiary/aromatic N) is 1. The lowest BCUT2D eigenvalue weighted by atomic mass is 10.1. The van der Waals surface area contributed by atoms with Crippen LogP contribution in [-0.2, 0) is 11.3 Å². The standard InChI is InChI=1S/C16H20N2OS/c1-13-11-14(12-17-9-10-19-2)6-7-15(13)20-16-5-3-4-8-18-16/h3-8,11,17H,9-10,12H2,1-2H3. The Bertz CT molecular complexity index is 531. The summed E-state index contributed by atoms with van der Waals surface area (Å²) in [4.78, 5) is 5.60. The van der Waals surface area contributed by atoms with Crippen molar-refractivity contribution in [3.05, 3.63) is 53.7 Å². The minimum atomic E-state index is 0.743. The van der Waals surface area contributed by atoms with Crippen molar-refractivity contribution in [2.75, 3.05) is 20.3 Å². The van der Waals surface area contributed by atoms with Crippen LogP contribution in [0.4, 0.5) is 0 Å². The van der Waals surface area contributed by atoms with E-state index in [0.717, 1.165) is 24.7 Å². The fraction of sp³-hybridized carbons (Fsp3) is 0.312. The predicted molar refractivity (Wildman–Crippen MR) is 83.1 cm³/mol. The van der Waals surface area contributed by atoms with Crippen LogP contribution in [0.1, 0.15) is 11.1 Å². The number of rotatable bonds is 7. The first kappa shape index (κ1) is 15.0. The van der Waals surface area contributed by atoms with E-state index in [4.69, 9.17) is 4.74 Å². The van der Waals surface area contributed by atoms with Crippen LogP contribution in [-0.4, -0.2) is 25.2 Å². The summed E-state index contributed by atoms with van der Waals surface area (Å²) >= 11 is 1.70. The van der Waals surface area contributed by atoms with Gasteiger partial charge < -0.3 is 10.1 Å². The molecule has 0 bridgehead atoms. The monoisotopic (exact) mass is 288 g/mol. The summed E-state index contributed by atoms with van der Waals surface area (Å²) in [6.45, 7) is 4.63. The number of ether oxygens (including phenoxy) is 1. The maximum Gasteiger partial charge on any atom is 0.101 e. The van der Waals surface area contributed by atoms with Crippen molar-refractivity contribution >= 4 is 11.8 Å². The maximum atomic E-state index is 5.02. The van der Waals surface area contributed by atoms with Crippen LogP contribution in [0.5, 0.6) is 0 Å². The van der Waals surface area contributed by atoms with Crippen molar-refractivity contribution in [3.63, 3.8) is 0 Å². The maximum absolute atomic E-state index is 5.02. The van der Waals surface area contributed by atoms with Gasteiger partial charge in [-0.05, 0) is 36.2 Å². The Labute approximate surface area is 124 Å². The van der Waals surface area contributed by atoms with Gasteiger partial charge in [-0.3, -0.25) is 0 Å². The molecule has 0 amide bonds. The van der Waals surface area contributed by atoms with Crippen LogP contribution >= 0.6 is 11.8 Å². The van der Waals surface area contributed by atoms with Crippen molar-refractivity contribution in [2.24, 2.45) is 0 Å². The van der Waals surface area contributed by atoms with Gasteiger partial charge in [0.2, 0.25) is 0 Å². The van der Waals surface area contributed by atoms with Crippen LogP contribution in [0.3, 0.4) is 0 Å². The summed E-state index contributed by atoms with van der Waals surface area (Å²) in [7, 11) is 1.72. The third-order valence-corrected chi connectivity index (χ3v) is 4.03. The third kappa shape index (κ3) is 4.63. The average Bonchev–Trinajstić information content (AvgIpc) is 2.47. The second kappa shape index (κ2) is 8.04. The van der Waals surface area contributed by atoms with Crippen molar-refractivity contribution in [2.45, 2.75) is 23.4 Å². The van der Waals surface area contributed by atoms with Gasteiger partial charge >= 0.3 is 0 Å². The van der Waals surface area contributed by atoms with E-state index in [-0.39, 0.29) is 0 Å². The first-order valence-electron chi connectivity index (χ1n) is 6.67. The number of methoxy groups -OCH3 is 1. The molecule has 0 aliphatic rings. The Morgan fingerprint density at radius 2 is 2.15 bits per heavy atom. The number of nitrogens with one attached hydrogen (secondary N) is 1. The summed E-state index contributed by atoms with van der Waals surface area (Å²) in [5, 5.41) is 4.38. The number of hydrogen-bond donors (Lipinski definition) is 1. The quantitative estimate of drug-likeness (QED) is 0.793. The molecule has 1 heterocycles. The SMILES string of the molecule is COCCNCc1ccc(Sc2ccccn2)c(C)c1. The van der Waals surface area contributed by atoms with E-state index < -0.39 is 0 Å². The van der Waals surface area contributed by atoms with Gasteiger partial charge in [-0.2, -0.15) is 0 Å². The third-order valence-electron chi connectivity index (χ3n) is 2.90. The fourth-order valence-electron chi connectivity index (χ4n) is 1.86. The highest BCUT2D eigenvalue weighted by molar-refractivity contribution is 7.99. The molecule has 0 unspecified atom stereocenters. The molecule has 0 saturated carbocycles. The predicted octanol–water partition coefficient (Wildman–Crippen LogP) is 3.28. The molecule has 0 aliphatic heterocycles. The second-order valence-electron chi connectivity index (χ2n) is 4.54. The summed E-state index contributed by atoms with van der Waals surface area (Å²) in [6.07, 6.45) is 1.83. The smallest absolute Gasteiger partial charge is 0.101 e. The molecule has 1 aromatic carbocycles. The van der Waals surface area contributed by atoms with Gasteiger partial charge in [-0.25, -0.2) is 4.98 Å². The van der Waals surface area contributed by atoms with E-state index in [9.17, 15) is 0 Å². The number of hydrogen-bond acceptors (Lipinski definition) is 4. The van der Waals surface area contributed by atoms with Gasteiger partial charge in [0.25, 0.3) is 0 Å².